The SMILES string of the molecule is CCOC(=O)c1ccccc1-n1c(C)cc(/C=N\NCc2ccc(OC)c(OC)c2)c1C. The van der Waals surface area contributed by atoms with Crippen LogP contribution in [-0.4, -0.2) is 37.6 Å². The fraction of sp³-hybridized carbons (Fsp3) is 0.280. The molecule has 0 fully saturated rings. The zero-order chi connectivity index (χ0) is 23.1. The van der Waals surface area contributed by atoms with Gasteiger partial charge in [0.1, 0.15) is 0 Å². The standard InChI is InChI=1S/C25H29N3O4/c1-6-32-25(29)21-9-7-8-10-22(21)28-17(2)13-20(18(28)3)16-27-26-15-19-11-12-23(30-4)24(14-19)31-5/h7-14,16,26H,6,15H2,1-5H3/b27-16-. The van der Waals surface area contributed by atoms with Gasteiger partial charge in [0.05, 0.1) is 44.8 Å². The lowest BCUT2D eigenvalue weighted by Crippen LogP contribution is -2.11. The third-order valence-corrected chi connectivity index (χ3v) is 5.14. The van der Waals surface area contributed by atoms with E-state index in [2.05, 4.69) is 10.5 Å². The van der Waals surface area contributed by atoms with Gasteiger partial charge in [-0.3, -0.25) is 0 Å². The normalized spacial score (nSPS) is 10.9. The molecule has 0 spiro atoms. The van der Waals surface area contributed by atoms with E-state index in [4.69, 9.17) is 14.2 Å². The summed E-state index contributed by atoms with van der Waals surface area (Å²) in [6.45, 7) is 6.69. The number of carbonyl (C=O) groups is 1. The number of carbonyl (C=O) groups excluding carboxylic acids is 1. The Morgan fingerprint density at radius 2 is 1.81 bits per heavy atom. The summed E-state index contributed by atoms with van der Waals surface area (Å²) in [7, 11) is 3.23. The molecule has 0 amide bonds. The highest BCUT2D eigenvalue weighted by Gasteiger charge is 2.17. The van der Waals surface area contributed by atoms with Gasteiger partial charge < -0.3 is 24.2 Å². The number of aryl methyl sites for hydroxylation is 1. The van der Waals surface area contributed by atoms with Gasteiger partial charge in [0.15, 0.2) is 11.5 Å². The van der Waals surface area contributed by atoms with Crippen molar-refractivity contribution in [2.24, 2.45) is 5.10 Å². The molecule has 0 aliphatic carbocycles. The van der Waals surface area contributed by atoms with Crippen molar-refractivity contribution in [1.82, 2.24) is 9.99 Å². The van der Waals surface area contributed by atoms with Crippen LogP contribution in [0.4, 0.5) is 0 Å². The number of methoxy groups -OCH3 is 2. The van der Waals surface area contributed by atoms with Crippen molar-refractivity contribution in [3.05, 3.63) is 76.6 Å². The predicted octanol–water partition coefficient (Wildman–Crippen LogP) is 4.41. The Balaban J connectivity index is 1.78. The van der Waals surface area contributed by atoms with Crippen molar-refractivity contribution in [2.45, 2.75) is 27.3 Å². The molecule has 7 nitrogen and oxygen atoms in total. The van der Waals surface area contributed by atoms with Crippen LogP contribution in [0.5, 0.6) is 11.5 Å². The molecular weight excluding hydrogens is 406 g/mol. The van der Waals surface area contributed by atoms with Crippen molar-refractivity contribution in [2.75, 3.05) is 20.8 Å². The number of aromatic nitrogens is 1. The largest absolute Gasteiger partial charge is 0.493 e. The first-order chi connectivity index (χ1) is 15.5. The van der Waals surface area contributed by atoms with Gasteiger partial charge in [-0.2, -0.15) is 5.10 Å². The first kappa shape index (κ1) is 22.9. The minimum atomic E-state index is -0.331. The summed E-state index contributed by atoms with van der Waals surface area (Å²) in [6.07, 6.45) is 1.78. The van der Waals surface area contributed by atoms with Gasteiger partial charge in [-0.25, -0.2) is 4.79 Å². The summed E-state index contributed by atoms with van der Waals surface area (Å²) in [5.74, 6) is 1.04. The molecule has 168 valence electrons. The van der Waals surface area contributed by atoms with Gasteiger partial charge in [-0.05, 0) is 56.7 Å². The first-order valence-corrected chi connectivity index (χ1v) is 10.4. The van der Waals surface area contributed by atoms with E-state index in [-0.39, 0.29) is 5.97 Å². The summed E-state index contributed by atoms with van der Waals surface area (Å²) in [5, 5.41) is 4.38. The van der Waals surface area contributed by atoms with E-state index in [9.17, 15) is 4.79 Å². The van der Waals surface area contributed by atoms with E-state index < -0.39 is 0 Å². The highest BCUT2D eigenvalue weighted by Crippen LogP contribution is 2.27. The fourth-order valence-electron chi connectivity index (χ4n) is 3.58. The number of ether oxygens (including phenoxy) is 3. The van der Waals surface area contributed by atoms with E-state index in [1.54, 1.807) is 33.4 Å². The number of hydrogen-bond acceptors (Lipinski definition) is 6. The molecule has 0 radical (unpaired) electrons. The molecule has 0 bridgehead atoms. The number of para-hydroxylation sites is 1. The second-order valence-corrected chi connectivity index (χ2v) is 7.18. The maximum absolute atomic E-state index is 12.4. The van der Waals surface area contributed by atoms with Crippen LogP contribution >= 0.6 is 0 Å². The monoisotopic (exact) mass is 435 g/mol. The summed E-state index contributed by atoms with van der Waals surface area (Å²) in [4.78, 5) is 12.4. The van der Waals surface area contributed by atoms with Crippen LogP contribution in [0, 0.1) is 13.8 Å². The number of benzene rings is 2. The maximum atomic E-state index is 12.4. The molecule has 32 heavy (non-hydrogen) atoms. The Bertz CT molecular complexity index is 1120. The van der Waals surface area contributed by atoms with E-state index >= 15 is 0 Å². The minimum absolute atomic E-state index is 0.331. The molecule has 1 N–H and O–H groups in total. The third-order valence-electron chi connectivity index (χ3n) is 5.14. The summed E-state index contributed by atoms with van der Waals surface area (Å²) >= 11 is 0. The molecule has 1 aromatic heterocycles. The fourth-order valence-corrected chi connectivity index (χ4v) is 3.58. The number of nitrogens with zero attached hydrogens (tertiary/aromatic N) is 2. The van der Waals surface area contributed by atoms with Gasteiger partial charge in [-0.1, -0.05) is 18.2 Å². The van der Waals surface area contributed by atoms with Crippen molar-refractivity contribution < 1.29 is 19.0 Å². The molecule has 1 heterocycles. The molecule has 0 aliphatic heterocycles. The highest BCUT2D eigenvalue weighted by atomic mass is 16.5. The van der Waals surface area contributed by atoms with E-state index in [1.807, 2.05) is 60.9 Å². The molecule has 2 aromatic carbocycles. The van der Waals surface area contributed by atoms with Crippen LogP contribution in [0.15, 0.2) is 53.6 Å². The average molecular weight is 436 g/mol. The van der Waals surface area contributed by atoms with Gasteiger partial charge in [0, 0.05) is 17.0 Å². The molecule has 0 unspecified atom stereocenters. The van der Waals surface area contributed by atoms with Crippen molar-refractivity contribution in [3.63, 3.8) is 0 Å². The minimum Gasteiger partial charge on any atom is -0.493 e. The topological polar surface area (TPSA) is 74.1 Å². The summed E-state index contributed by atoms with van der Waals surface area (Å²) < 4.78 is 17.9. The van der Waals surface area contributed by atoms with Crippen molar-refractivity contribution in [3.8, 4) is 17.2 Å². The zero-order valence-corrected chi connectivity index (χ0v) is 19.1. The Morgan fingerprint density at radius 1 is 1.06 bits per heavy atom. The zero-order valence-electron chi connectivity index (χ0n) is 19.1. The van der Waals surface area contributed by atoms with E-state index in [1.165, 1.54) is 0 Å². The van der Waals surface area contributed by atoms with Gasteiger partial charge in [-0.15, -0.1) is 0 Å². The third kappa shape index (κ3) is 4.94. The van der Waals surface area contributed by atoms with Crippen LogP contribution < -0.4 is 14.9 Å². The van der Waals surface area contributed by atoms with Crippen LogP contribution in [0.3, 0.4) is 0 Å². The van der Waals surface area contributed by atoms with Crippen LogP contribution in [0.1, 0.15) is 39.8 Å². The Kier molecular flexibility index (Phi) is 7.54. The number of hydrogen-bond donors (Lipinski definition) is 1. The Morgan fingerprint density at radius 3 is 2.53 bits per heavy atom. The molecule has 0 atom stereocenters. The number of rotatable bonds is 9. The van der Waals surface area contributed by atoms with E-state index in [0.29, 0.717) is 30.2 Å². The molecule has 7 heteroatoms. The molecular formula is C25H29N3O4. The number of esters is 1. The van der Waals surface area contributed by atoms with E-state index in [0.717, 1.165) is 28.2 Å². The van der Waals surface area contributed by atoms with Crippen LogP contribution in [0.25, 0.3) is 5.69 Å². The van der Waals surface area contributed by atoms with Crippen LogP contribution in [0.2, 0.25) is 0 Å². The molecule has 3 rings (SSSR count). The van der Waals surface area contributed by atoms with Crippen LogP contribution in [-0.2, 0) is 11.3 Å². The Hall–Kier alpha value is -3.74. The molecule has 0 saturated heterocycles. The van der Waals surface area contributed by atoms with Crippen molar-refractivity contribution >= 4 is 12.2 Å². The second-order valence-electron chi connectivity index (χ2n) is 7.18. The van der Waals surface area contributed by atoms with Gasteiger partial charge >= 0.3 is 5.97 Å². The number of hydrazone groups is 1. The first-order valence-electron chi connectivity index (χ1n) is 10.4. The Labute approximate surface area is 188 Å². The predicted molar refractivity (Wildman–Crippen MR) is 125 cm³/mol. The molecule has 0 aliphatic rings. The van der Waals surface area contributed by atoms with Gasteiger partial charge in [0.25, 0.3) is 0 Å². The molecule has 0 saturated carbocycles. The lowest BCUT2D eigenvalue weighted by Gasteiger charge is -2.14. The van der Waals surface area contributed by atoms with Crippen molar-refractivity contribution in [1.29, 1.82) is 0 Å². The second kappa shape index (κ2) is 10.5. The smallest absolute Gasteiger partial charge is 0.340 e. The van der Waals surface area contributed by atoms with Gasteiger partial charge in [0.2, 0.25) is 0 Å². The highest BCUT2D eigenvalue weighted by molar-refractivity contribution is 5.94. The maximum Gasteiger partial charge on any atom is 0.340 e. The number of nitrogens with one attached hydrogen (secondary N) is 1. The lowest BCUT2D eigenvalue weighted by atomic mass is 10.1. The quantitative estimate of drug-likeness (QED) is 0.306. The summed E-state index contributed by atoms with van der Waals surface area (Å²) in [5.41, 5.74) is 8.36. The lowest BCUT2D eigenvalue weighted by molar-refractivity contribution is 0.0526. The molecule has 3 aromatic rings. The summed E-state index contributed by atoms with van der Waals surface area (Å²) in [6, 6.07) is 15.2. The average Bonchev–Trinajstić information content (AvgIpc) is 3.09.